The van der Waals surface area contributed by atoms with Crippen molar-refractivity contribution in [3.05, 3.63) is 65.0 Å². The third-order valence-electron chi connectivity index (χ3n) is 4.77. The Morgan fingerprint density at radius 2 is 1.96 bits per heavy atom. The number of fused-ring (bicyclic) bond motifs is 1. The summed E-state index contributed by atoms with van der Waals surface area (Å²) in [7, 11) is 0. The first-order valence-corrected chi connectivity index (χ1v) is 8.72. The summed E-state index contributed by atoms with van der Waals surface area (Å²) in [4.78, 5) is 6.82. The highest BCUT2D eigenvalue weighted by Crippen LogP contribution is 2.18. The van der Waals surface area contributed by atoms with Crippen molar-refractivity contribution in [1.82, 2.24) is 9.88 Å². The second-order valence-corrected chi connectivity index (χ2v) is 6.61. The number of hydrogen-bond acceptors (Lipinski definition) is 3. The Bertz CT molecular complexity index is 638. The Morgan fingerprint density at radius 1 is 1.17 bits per heavy atom. The zero-order valence-corrected chi connectivity index (χ0v) is 14.0. The van der Waals surface area contributed by atoms with E-state index in [1.807, 2.05) is 12.4 Å². The zero-order valence-electron chi connectivity index (χ0n) is 14.0. The molecule has 3 rings (SSSR count). The molecule has 1 aromatic heterocycles. The Labute approximate surface area is 139 Å². The van der Waals surface area contributed by atoms with Crippen molar-refractivity contribution in [2.24, 2.45) is 5.73 Å². The minimum atomic E-state index is 0.227. The number of rotatable bonds is 6. The van der Waals surface area contributed by atoms with Gasteiger partial charge in [-0.05, 0) is 47.9 Å². The van der Waals surface area contributed by atoms with Crippen LogP contribution in [0.4, 0.5) is 0 Å². The predicted octanol–water partition coefficient (Wildman–Crippen LogP) is 2.96. The molecule has 3 nitrogen and oxygen atoms in total. The number of nitrogens with zero attached hydrogens (tertiary/aromatic N) is 2. The average molecular weight is 309 g/mol. The van der Waals surface area contributed by atoms with Gasteiger partial charge in [0.1, 0.15) is 0 Å². The van der Waals surface area contributed by atoms with Crippen molar-refractivity contribution in [2.75, 3.05) is 13.1 Å². The molecule has 1 aliphatic rings. The molecule has 122 valence electrons. The smallest absolute Gasteiger partial charge is 0.0300 e. The van der Waals surface area contributed by atoms with Crippen molar-refractivity contribution < 1.29 is 0 Å². The molecular formula is C20H27N3. The van der Waals surface area contributed by atoms with Gasteiger partial charge in [-0.15, -0.1) is 0 Å². The Hall–Kier alpha value is -1.71. The van der Waals surface area contributed by atoms with Gasteiger partial charge in [-0.25, -0.2) is 0 Å². The molecular weight excluding hydrogens is 282 g/mol. The fraction of sp³-hybridized carbons (Fsp3) is 0.450. The van der Waals surface area contributed by atoms with Gasteiger partial charge in [0.05, 0.1) is 0 Å². The summed E-state index contributed by atoms with van der Waals surface area (Å²) in [6.07, 6.45) is 8.16. The fourth-order valence-corrected chi connectivity index (χ4v) is 3.36. The molecule has 2 heterocycles. The van der Waals surface area contributed by atoms with Crippen LogP contribution >= 0.6 is 0 Å². The quantitative estimate of drug-likeness (QED) is 0.892. The first-order valence-electron chi connectivity index (χ1n) is 8.72. The van der Waals surface area contributed by atoms with Crippen LogP contribution < -0.4 is 5.73 Å². The van der Waals surface area contributed by atoms with Gasteiger partial charge in [-0.3, -0.25) is 9.88 Å². The first-order chi connectivity index (χ1) is 11.2. The van der Waals surface area contributed by atoms with E-state index in [0.717, 1.165) is 45.3 Å². The highest BCUT2D eigenvalue weighted by atomic mass is 15.1. The van der Waals surface area contributed by atoms with Gasteiger partial charge in [0.15, 0.2) is 0 Å². The van der Waals surface area contributed by atoms with Gasteiger partial charge in [-0.1, -0.05) is 37.3 Å². The lowest BCUT2D eigenvalue weighted by atomic mass is 9.99. The number of aromatic nitrogens is 1. The van der Waals surface area contributed by atoms with E-state index in [0.29, 0.717) is 0 Å². The van der Waals surface area contributed by atoms with E-state index in [9.17, 15) is 0 Å². The molecule has 0 saturated carbocycles. The maximum absolute atomic E-state index is 6.38. The molecule has 2 N–H and O–H groups in total. The molecule has 0 amide bonds. The van der Waals surface area contributed by atoms with E-state index in [4.69, 9.17) is 5.73 Å². The number of hydrogen-bond donors (Lipinski definition) is 1. The molecule has 3 heteroatoms. The number of nitrogens with two attached hydrogens (primary N) is 1. The highest BCUT2D eigenvalue weighted by Gasteiger charge is 2.17. The van der Waals surface area contributed by atoms with Gasteiger partial charge >= 0.3 is 0 Å². The van der Waals surface area contributed by atoms with Crippen LogP contribution in [0.2, 0.25) is 0 Å². The van der Waals surface area contributed by atoms with Crippen LogP contribution in [0.5, 0.6) is 0 Å². The van der Waals surface area contributed by atoms with E-state index < -0.39 is 0 Å². The maximum Gasteiger partial charge on any atom is 0.0300 e. The first kappa shape index (κ1) is 16.2. The minimum absolute atomic E-state index is 0.227. The molecule has 0 saturated heterocycles. The van der Waals surface area contributed by atoms with Crippen LogP contribution in [0.3, 0.4) is 0 Å². The molecule has 2 aromatic rings. The lowest BCUT2D eigenvalue weighted by molar-refractivity contribution is 0.234. The van der Waals surface area contributed by atoms with E-state index in [2.05, 4.69) is 47.1 Å². The summed E-state index contributed by atoms with van der Waals surface area (Å²) < 4.78 is 0. The molecule has 23 heavy (non-hydrogen) atoms. The summed E-state index contributed by atoms with van der Waals surface area (Å²) in [5.41, 5.74) is 12.0. The molecule has 0 aliphatic carbocycles. The van der Waals surface area contributed by atoms with Crippen molar-refractivity contribution in [2.45, 2.75) is 45.2 Å². The third kappa shape index (κ3) is 4.40. The predicted molar refractivity (Wildman–Crippen MR) is 95.3 cm³/mol. The molecule has 0 unspecified atom stereocenters. The molecule has 0 bridgehead atoms. The summed E-state index contributed by atoms with van der Waals surface area (Å²) >= 11 is 0. The molecule has 0 fully saturated rings. The number of aryl methyl sites for hydroxylation is 2. The second-order valence-electron chi connectivity index (χ2n) is 6.61. The Kier molecular flexibility index (Phi) is 5.42. The summed E-state index contributed by atoms with van der Waals surface area (Å²) in [5.74, 6) is 0. The topological polar surface area (TPSA) is 42.1 Å². The van der Waals surface area contributed by atoms with Gasteiger partial charge < -0.3 is 5.73 Å². The summed E-state index contributed by atoms with van der Waals surface area (Å²) in [5, 5.41) is 0. The van der Waals surface area contributed by atoms with Crippen molar-refractivity contribution in [3.63, 3.8) is 0 Å². The van der Waals surface area contributed by atoms with Gasteiger partial charge in [-0.2, -0.15) is 0 Å². The van der Waals surface area contributed by atoms with Gasteiger partial charge in [0.2, 0.25) is 0 Å². The standard InChI is InChI=1S/C20H27N3/c1-2-16-11-17(13-22-12-16)7-8-20(21)15-23-10-9-18-5-3-4-6-19(18)14-23/h3-6,11-13,20H,2,7-10,14-15,21H2,1H3/t20-/m1/s1. The number of benzene rings is 1. The van der Waals surface area contributed by atoms with Crippen LogP contribution in [-0.4, -0.2) is 29.0 Å². The minimum Gasteiger partial charge on any atom is -0.327 e. The SMILES string of the molecule is CCc1cncc(CC[C@@H](N)CN2CCc3ccccc3C2)c1. The summed E-state index contributed by atoms with van der Waals surface area (Å²) in [6.45, 7) is 5.31. The molecule has 1 aliphatic heterocycles. The van der Waals surface area contributed by atoms with Crippen LogP contribution in [0, 0.1) is 0 Å². The number of pyridine rings is 1. The van der Waals surface area contributed by atoms with Crippen LogP contribution in [0.25, 0.3) is 0 Å². The largest absolute Gasteiger partial charge is 0.327 e. The van der Waals surface area contributed by atoms with Crippen LogP contribution in [0.15, 0.2) is 42.7 Å². The van der Waals surface area contributed by atoms with Crippen molar-refractivity contribution in [1.29, 1.82) is 0 Å². The maximum atomic E-state index is 6.38. The van der Waals surface area contributed by atoms with Crippen LogP contribution in [0.1, 0.15) is 35.6 Å². The second kappa shape index (κ2) is 7.71. The molecule has 1 atom stereocenters. The Morgan fingerprint density at radius 3 is 2.78 bits per heavy atom. The zero-order chi connectivity index (χ0) is 16.1. The average Bonchev–Trinajstić information content (AvgIpc) is 2.60. The highest BCUT2D eigenvalue weighted by molar-refractivity contribution is 5.29. The van der Waals surface area contributed by atoms with E-state index >= 15 is 0 Å². The van der Waals surface area contributed by atoms with Crippen molar-refractivity contribution >= 4 is 0 Å². The fourth-order valence-electron chi connectivity index (χ4n) is 3.36. The monoisotopic (exact) mass is 309 g/mol. The molecule has 0 spiro atoms. The normalized spacial score (nSPS) is 16.1. The lowest BCUT2D eigenvalue weighted by Crippen LogP contribution is -2.40. The van der Waals surface area contributed by atoms with Crippen molar-refractivity contribution in [3.8, 4) is 0 Å². The third-order valence-corrected chi connectivity index (χ3v) is 4.77. The van der Waals surface area contributed by atoms with Gasteiger partial charge in [0, 0.05) is 38.1 Å². The lowest BCUT2D eigenvalue weighted by Gasteiger charge is -2.30. The van der Waals surface area contributed by atoms with E-state index in [1.165, 1.54) is 22.3 Å². The van der Waals surface area contributed by atoms with Crippen LogP contribution in [-0.2, 0) is 25.8 Å². The van der Waals surface area contributed by atoms with E-state index in [-0.39, 0.29) is 6.04 Å². The Balaban J connectivity index is 1.49. The van der Waals surface area contributed by atoms with E-state index in [1.54, 1.807) is 0 Å². The summed E-state index contributed by atoms with van der Waals surface area (Å²) in [6, 6.07) is 11.3. The molecule has 1 aromatic carbocycles. The molecule has 0 radical (unpaired) electrons. The van der Waals surface area contributed by atoms with Gasteiger partial charge in [0.25, 0.3) is 0 Å².